The molecule has 0 saturated carbocycles. The highest BCUT2D eigenvalue weighted by molar-refractivity contribution is 5.85. The van der Waals surface area contributed by atoms with Crippen molar-refractivity contribution in [3.63, 3.8) is 0 Å². The summed E-state index contributed by atoms with van der Waals surface area (Å²) >= 11 is 0. The molecule has 2 aromatic carbocycles. The number of methoxy groups -OCH3 is 2. The van der Waals surface area contributed by atoms with Crippen molar-refractivity contribution >= 4 is 12.4 Å². The van der Waals surface area contributed by atoms with Crippen molar-refractivity contribution in [2.75, 3.05) is 27.8 Å². The van der Waals surface area contributed by atoms with Gasteiger partial charge in [-0.2, -0.15) is 0 Å². The largest absolute Gasteiger partial charge is 0.493 e. The van der Waals surface area contributed by atoms with E-state index in [1.54, 1.807) is 14.2 Å². The molecule has 2 aromatic rings. The Labute approximate surface area is 150 Å². The molecule has 0 aliphatic heterocycles. The zero-order valence-electron chi connectivity index (χ0n) is 14.4. The summed E-state index contributed by atoms with van der Waals surface area (Å²) in [6.07, 6.45) is 0.145. The van der Waals surface area contributed by atoms with E-state index in [-0.39, 0.29) is 12.4 Å². The number of rotatable bonds is 8. The number of benzene rings is 2. The Morgan fingerprint density at radius 3 is 2.29 bits per heavy atom. The van der Waals surface area contributed by atoms with Crippen LogP contribution in [0.5, 0.6) is 11.5 Å². The summed E-state index contributed by atoms with van der Waals surface area (Å²) in [6, 6.07) is 15.9. The summed E-state index contributed by atoms with van der Waals surface area (Å²) in [7, 11) is 5.27. The Balaban J connectivity index is 0.00000288. The lowest BCUT2D eigenvalue weighted by molar-refractivity contribution is 0.147. The normalized spacial score (nSPS) is 11.7. The lowest BCUT2D eigenvalue weighted by Crippen LogP contribution is -2.20. The first-order valence-corrected chi connectivity index (χ1v) is 7.76. The van der Waals surface area contributed by atoms with Crippen LogP contribution in [-0.2, 0) is 6.54 Å². The minimum Gasteiger partial charge on any atom is -0.493 e. The molecule has 132 valence electrons. The molecule has 0 fully saturated rings. The van der Waals surface area contributed by atoms with Crippen LogP contribution in [0, 0.1) is 0 Å². The van der Waals surface area contributed by atoms with E-state index in [4.69, 9.17) is 9.47 Å². The van der Waals surface area contributed by atoms with Gasteiger partial charge in [0.2, 0.25) is 0 Å². The Morgan fingerprint density at radius 1 is 1.00 bits per heavy atom. The molecular weight excluding hydrogens is 326 g/mol. The highest BCUT2D eigenvalue weighted by Crippen LogP contribution is 2.30. The van der Waals surface area contributed by atoms with Crippen molar-refractivity contribution in [1.29, 1.82) is 0 Å². The average molecular weight is 352 g/mol. The third-order valence-corrected chi connectivity index (χ3v) is 3.87. The number of aliphatic hydroxyl groups excluding tert-OH is 1. The standard InChI is InChI=1S/C19H25NO3.ClH/c1-20(14-15-7-5-4-6-8-15)12-11-17(21)16-9-10-18(22-2)19(13-16)23-3;/h4-10,13,17,21H,11-12,14H2,1-3H3;1H. The van der Waals surface area contributed by atoms with Gasteiger partial charge in [0.25, 0.3) is 0 Å². The molecule has 1 unspecified atom stereocenters. The van der Waals surface area contributed by atoms with E-state index in [2.05, 4.69) is 24.1 Å². The third kappa shape index (κ3) is 5.71. The van der Waals surface area contributed by atoms with Gasteiger partial charge in [0.1, 0.15) is 0 Å². The molecular formula is C19H26ClNO3. The van der Waals surface area contributed by atoms with Gasteiger partial charge >= 0.3 is 0 Å². The van der Waals surface area contributed by atoms with Gasteiger partial charge in [0.05, 0.1) is 20.3 Å². The zero-order chi connectivity index (χ0) is 16.7. The maximum atomic E-state index is 10.4. The Morgan fingerprint density at radius 2 is 1.67 bits per heavy atom. The summed E-state index contributed by atoms with van der Waals surface area (Å²) in [4.78, 5) is 2.21. The summed E-state index contributed by atoms with van der Waals surface area (Å²) in [5.74, 6) is 1.31. The van der Waals surface area contributed by atoms with Crippen LogP contribution < -0.4 is 9.47 Å². The van der Waals surface area contributed by atoms with Gasteiger partial charge in [-0.1, -0.05) is 36.4 Å². The minimum absolute atomic E-state index is 0. The van der Waals surface area contributed by atoms with E-state index in [0.717, 1.165) is 18.7 Å². The number of hydrogen-bond donors (Lipinski definition) is 1. The van der Waals surface area contributed by atoms with Gasteiger partial charge in [0.15, 0.2) is 11.5 Å². The van der Waals surface area contributed by atoms with Crippen LogP contribution in [0.15, 0.2) is 48.5 Å². The molecule has 5 heteroatoms. The second-order valence-corrected chi connectivity index (χ2v) is 5.64. The lowest BCUT2D eigenvalue weighted by atomic mass is 10.1. The van der Waals surface area contributed by atoms with Gasteiger partial charge in [0, 0.05) is 13.1 Å². The molecule has 0 spiro atoms. The molecule has 0 aromatic heterocycles. The van der Waals surface area contributed by atoms with Crippen molar-refractivity contribution in [3.8, 4) is 11.5 Å². The van der Waals surface area contributed by atoms with Crippen LogP contribution in [-0.4, -0.2) is 37.8 Å². The molecule has 0 amide bonds. The summed E-state index contributed by atoms with van der Waals surface area (Å²) in [5, 5.41) is 10.4. The van der Waals surface area contributed by atoms with Crippen LogP contribution in [0.25, 0.3) is 0 Å². The van der Waals surface area contributed by atoms with Gasteiger partial charge in [-0.25, -0.2) is 0 Å². The van der Waals surface area contributed by atoms with Crippen molar-refractivity contribution in [2.45, 2.75) is 19.1 Å². The molecule has 0 radical (unpaired) electrons. The first kappa shape index (κ1) is 20.3. The van der Waals surface area contributed by atoms with E-state index < -0.39 is 6.10 Å². The summed E-state index contributed by atoms with van der Waals surface area (Å²) < 4.78 is 10.5. The zero-order valence-corrected chi connectivity index (χ0v) is 15.3. The molecule has 0 heterocycles. The Hall–Kier alpha value is -1.75. The fraction of sp³-hybridized carbons (Fsp3) is 0.368. The molecule has 1 N–H and O–H groups in total. The summed E-state index contributed by atoms with van der Waals surface area (Å²) in [6.45, 7) is 1.68. The Bertz CT molecular complexity index is 607. The minimum atomic E-state index is -0.520. The molecule has 1 atom stereocenters. The van der Waals surface area contributed by atoms with Gasteiger partial charge < -0.3 is 19.5 Å². The molecule has 2 rings (SSSR count). The molecule has 0 aliphatic rings. The van der Waals surface area contributed by atoms with E-state index in [9.17, 15) is 5.11 Å². The predicted octanol–water partition coefficient (Wildman–Crippen LogP) is 3.68. The van der Waals surface area contributed by atoms with Crippen LogP contribution in [0.4, 0.5) is 0 Å². The molecule has 0 saturated heterocycles. The SMILES string of the molecule is COc1ccc(C(O)CCN(C)Cc2ccccc2)cc1OC.Cl. The number of hydrogen-bond acceptors (Lipinski definition) is 4. The smallest absolute Gasteiger partial charge is 0.161 e. The number of aliphatic hydroxyl groups is 1. The number of halogens is 1. The topological polar surface area (TPSA) is 41.9 Å². The van der Waals surface area contributed by atoms with Gasteiger partial charge in [-0.3, -0.25) is 0 Å². The monoisotopic (exact) mass is 351 g/mol. The number of nitrogens with zero attached hydrogens (tertiary/aromatic N) is 1. The van der Waals surface area contributed by atoms with E-state index >= 15 is 0 Å². The van der Waals surface area contributed by atoms with E-state index in [1.165, 1.54) is 5.56 Å². The highest BCUT2D eigenvalue weighted by Gasteiger charge is 2.12. The molecule has 0 bridgehead atoms. The van der Waals surface area contributed by atoms with E-state index in [1.807, 2.05) is 36.4 Å². The van der Waals surface area contributed by atoms with Crippen molar-refractivity contribution in [1.82, 2.24) is 4.90 Å². The van der Waals surface area contributed by atoms with Gasteiger partial charge in [-0.15, -0.1) is 12.4 Å². The van der Waals surface area contributed by atoms with Crippen molar-refractivity contribution in [2.24, 2.45) is 0 Å². The van der Waals surface area contributed by atoms with E-state index in [0.29, 0.717) is 17.9 Å². The fourth-order valence-corrected chi connectivity index (χ4v) is 2.54. The third-order valence-electron chi connectivity index (χ3n) is 3.87. The van der Waals surface area contributed by atoms with Gasteiger partial charge in [-0.05, 0) is 36.7 Å². The molecule has 4 nitrogen and oxygen atoms in total. The lowest BCUT2D eigenvalue weighted by Gasteiger charge is -2.19. The molecule has 0 aliphatic carbocycles. The quantitative estimate of drug-likeness (QED) is 0.787. The van der Waals surface area contributed by atoms with Crippen molar-refractivity contribution < 1.29 is 14.6 Å². The summed E-state index contributed by atoms with van der Waals surface area (Å²) in [5.41, 5.74) is 2.12. The first-order chi connectivity index (χ1) is 11.1. The average Bonchev–Trinajstić information content (AvgIpc) is 2.59. The van der Waals surface area contributed by atoms with Crippen LogP contribution in [0.3, 0.4) is 0 Å². The maximum Gasteiger partial charge on any atom is 0.161 e. The Kier molecular flexibility index (Phi) is 8.61. The van der Waals surface area contributed by atoms with Crippen LogP contribution in [0.1, 0.15) is 23.7 Å². The van der Waals surface area contributed by atoms with Crippen LogP contribution >= 0.6 is 12.4 Å². The fourth-order valence-electron chi connectivity index (χ4n) is 2.54. The van der Waals surface area contributed by atoms with Crippen molar-refractivity contribution in [3.05, 3.63) is 59.7 Å². The predicted molar refractivity (Wildman–Crippen MR) is 99.1 cm³/mol. The highest BCUT2D eigenvalue weighted by atomic mass is 35.5. The molecule has 24 heavy (non-hydrogen) atoms. The number of ether oxygens (including phenoxy) is 2. The second-order valence-electron chi connectivity index (χ2n) is 5.64. The maximum absolute atomic E-state index is 10.4. The van der Waals surface area contributed by atoms with Crippen LogP contribution in [0.2, 0.25) is 0 Å². The second kappa shape index (κ2) is 10.2. The first-order valence-electron chi connectivity index (χ1n) is 7.76.